The maximum atomic E-state index is 3.82. The van der Waals surface area contributed by atoms with Gasteiger partial charge in [-0.25, -0.2) is 0 Å². The van der Waals surface area contributed by atoms with Gasteiger partial charge in [-0.1, -0.05) is 37.3 Å². The molecule has 1 aliphatic carbocycles. The van der Waals surface area contributed by atoms with Crippen LogP contribution in [0.5, 0.6) is 0 Å². The number of benzene rings is 1. The Labute approximate surface area is 123 Å². The van der Waals surface area contributed by atoms with Gasteiger partial charge in [-0.15, -0.1) is 0 Å². The van der Waals surface area contributed by atoms with Crippen molar-refractivity contribution in [3.8, 4) is 0 Å². The van der Waals surface area contributed by atoms with E-state index < -0.39 is 0 Å². The third-order valence-corrected chi connectivity index (χ3v) is 5.47. The zero-order valence-corrected chi connectivity index (χ0v) is 12.9. The van der Waals surface area contributed by atoms with Gasteiger partial charge in [0.2, 0.25) is 0 Å². The Kier molecular flexibility index (Phi) is 4.13. The Morgan fingerprint density at radius 2 is 1.80 bits per heavy atom. The molecule has 2 unspecified atom stereocenters. The Morgan fingerprint density at radius 1 is 1.15 bits per heavy atom. The van der Waals surface area contributed by atoms with E-state index in [1.165, 1.54) is 44.3 Å². The quantitative estimate of drug-likeness (QED) is 0.851. The van der Waals surface area contributed by atoms with Gasteiger partial charge in [0, 0.05) is 18.6 Å². The van der Waals surface area contributed by atoms with E-state index in [9.17, 15) is 0 Å². The highest BCUT2D eigenvalue weighted by atomic mass is 15.2. The molecular formula is C18H28N2. The second-order valence-electron chi connectivity index (χ2n) is 6.95. The molecule has 3 rings (SSSR count). The SMILES string of the molecule is CC(NCC(c1ccccc1)N1CCCC1)C1(C)CC1. The Morgan fingerprint density at radius 3 is 2.40 bits per heavy atom. The van der Waals surface area contributed by atoms with Gasteiger partial charge in [0.1, 0.15) is 0 Å². The molecule has 20 heavy (non-hydrogen) atoms. The van der Waals surface area contributed by atoms with Crippen molar-refractivity contribution < 1.29 is 0 Å². The van der Waals surface area contributed by atoms with Gasteiger partial charge in [0.15, 0.2) is 0 Å². The van der Waals surface area contributed by atoms with Crippen molar-refractivity contribution in [1.29, 1.82) is 0 Å². The van der Waals surface area contributed by atoms with E-state index in [1.807, 2.05) is 0 Å². The highest BCUT2D eigenvalue weighted by Gasteiger charge is 2.42. The van der Waals surface area contributed by atoms with E-state index in [0.717, 1.165) is 6.54 Å². The van der Waals surface area contributed by atoms with Crippen LogP contribution in [0.15, 0.2) is 30.3 Å². The first-order chi connectivity index (χ1) is 9.69. The summed E-state index contributed by atoms with van der Waals surface area (Å²) in [6.45, 7) is 8.37. The van der Waals surface area contributed by atoms with Crippen LogP contribution in [0.3, 0.4) is 0 Å². The first-order valence-electron chi connectivity index (χ1n) is 8.21. The molecule has 0 radical (unpaired) electrons. The van der Waals surface area contributed by atoms with E-state index in [4.69, 9.17) is 0 Å². The Bertz CT molecular complexity index is 418. The fourth-order valence-corrected chi connectivity index (χ4v) is 3.35. The van der Waals surface area contributed by atoms with E-state index in [1.54, 1.807) is 0 Å². The third-order valence-electron chi connectivity index (χ3n) is 5.47. The molecule has 1 aromatic carbocycles. The topological polar surface area (TPSA) is 15.3 Å². The lowest BCUT2D eigenvalue weighted by Gasteiger charge is -2.31. The lowest BCUT2D eigenvalue weighted by molar-refractivity contribution is 0.224. The van der Waals surface area contributed by atoms with Crippen molar-refractivity contribution in [2.45, 2.75) is 51.6 Å². The maximum Gasteiger partial charge on any atom is 0.0472 e. The van der Waals surface area contributed by atoms with Gasteiger partial charge in [0.25, 0.3) is 0 Å². The van der Waals surface area contributed by atoms with Crippen LogP contribution in [0.4, 0.5) is 0 Å². The summed E-state index contributed by atoms with van der Waals surface area (Å²) in [4.78, 5) is 2.66. The summed E-state index contributed by atoms with van der Waals surface area (Å²) in [5.74, 6) is 0. The van der Waals surface area contributed by atoms with Gasteiger partial charge in [0.05, 0.1) is 0 Å². The minimum absolute atomic E-state index is 0.545. The first-order valence-corrected chi connectivity index (χ1v) is 8.21. The fourth-order valence-electron chi connectivity index (χ4n) is 3.35. The van der Waals surface area contributed by atoms with Crippen molar-refractivity contribution in [2.75, 3.05) is 19.6 Å². The Hall–Kier alpha value is -0.860. The first kappa shape index (κ1) is 14.1. The van der Waals surface area contributed by atoms with Crippen LogP contribution in [-0.2, 0) is 0 Å². The predicted octanol–water partition coefficient (Wildman–Crippen LogP) is 3.60. The number of hydrogen-bond acceptors (Lipinski definition) is 2. The molecule has 2 heteroatoms. The molecule has 0 bridgehead atoms. The smallest absolute Gasteiger partial charge is 0.0472 e. The number of hydrogen-bond donors (Lipinski definition) is 1. The highest BCUT2D eigenvalue weighted by Crippen LogP contribution is 2.48. The predicted molar refractivity (Wildman–Crippen MR) is 84.8 cm³/mol. The molecule has 0 aromatic heterocycles. The van der Waals surface area contributed by atoms with Gasteiger partial charge in [-0.05, 0) is 56.7 Å². The number of nitrogens with one attached hydrogen (secondary N) is 1. The molecule has 2 aliphatic rings. The van der Waals surface area contributed by atoms with Gasteiger partial charge in [-0.2, -0.15) is 0 Å². The maximum absolute atomic E-state index is 3.82. The standard InChI is InChI=1S/C18H28N2/c1-15(18(2)10-11-18)19-14-17(20-12-6-7-13-20)16-8-4-3-5-9-16/h3-5,8-9,15,17,19H,6-7,10-14H2,1-2H3. The molecule has 2 atom stereocenters. The molecule has 1 aromatic rings. The summed E-state index contributed by atoms with van der Waals surface area (Å²) in [6, 6.07) is 12.2. The Balaban J connectivity index is 1.66. The second kappa shape index (κ2) is 5.87. The molecule has 2 nitrogen and oxygen atoms in total. The minimum atomic E-state index is 0.545. The van der Waals surface area contributed by atoms with Crippen molar-refractivity contribution in [2.24, 2.45) is 5.41 Å². The molecule has 1 saturated carbocycles. The second-order valence-corrected chi connectivity index (χ2v) is 6.95. The third kappa shape index (κ3) is 3.07. The van der Waals surface area contributed by atoms with Crippen molar-refractivity contribution in [3.63, 3.8) is 0 Å². The molecule has 0 spiro atoms. The van der Waals surface area contributed by atoms with Gasteiger partial charge in [-0.3, -0.25) is 4.90 Å². The number of likely N-dealkylation sites (tertiary alicyclic amines) is 1. The molecule has 1 aliphatic heterocycles. The van der Waals surface area contributed by atoms with Crippen LogP contribution < -0.4 is 5.32 Å². The summed E-state index contributed by atoms with van der Waals surface area (Å²) in [7, 11) is 0. The molecule has 2 fully saturated rings. The average Bonchev–Trinajstić information content (AvgIpc) is 3.02. The van der Waals surface area contributed by atoms with Gasteiger partial charge >= 0.3 is 0 Å². The minimum Gasteiger partial charge on any atom is -0.312 e. The van der Waals surface area contributed by atoms with Crippen LogP contribution in [0.25, 0.3) is 0 Å². The molecule has 1 N–H and O–H groups in total. The lowest BCUT2D eigenvalue weighted by atomic mass is 9.99. The summed E-state index contributed by atoms with van der Waals surface area (Å²) < 4.78 is 0. The fraction of sp³-hybridized carbons (Fsp3) is 0.667. The van der Waals surface area contributed by atoms with Crippen molar-refractivity contribution in [3.05, 3.63) is 35.9 Å². The van der Waals surface area contributed by atoms with Crippen LogP contribution in [0.2, 0.25) is 0 Å². The summed E-state index contributed by atoms with van der Waals surface area (Å²) in [5, 5.41) is 3.82. The van der Waals surface area contributed by atoms with E-state index in [0.29, 0.717) is 17.5 Å². The van der Waals surface area contributed by atoms with Crippen LogP contribution in [0.1, 0.15) is 51.1 Å². The normalized spacial score (nSPS) is 24.5. The van der Waals surface area contributed by atoms with Crippen molar-refractivity contribution in [1.82, 2.24) is 10.2 Å². The molecule has 110 valence electrons. The van der Waals surface area contributed by atoms with Crippen LogP contribution in [-0.4, -0.2) is 30.6 Å². The summed E-state index contributed by atoms with van der Waals surface area (Å²) in [6.07, 6.45) is 5.50. The van der Waals surface area contributed by atoms with Gasteiger partial charge < -0.3 is 5.32 Å². The monoisotopic (exact) mass is 272 g/mol. The largest absolute Gasteiger partial charge is 0.312 e. The zero-order valence-electron chi connectivity index (χ0n) is 12.9. The summed E-state index contributed by atoms with van der Waals surface area (Å²) >= 11 is 0. The highest BCUT2D eigenvalue weighted by molar-refractivity contribution is 5.20. The van der Waals surface area contributed by atoms with E-state index >= 15 is 0 Å². The number of nitrogens with zero attached hydrogens (tertiary/aromatic N) is 1. The van der Waals surface area contributed by atoms with Crippen LogP contribution >= 0.6 is 0 Å². The van der Waals surface area contributed by atoms with Crippen molar-refractivity contribution >= 4 is 0 Å². The summed E-state index contributed by atoms with van der Waals surface area (Å²) in [5.41, 5.74) is 2.03. The van der Waals surface area contributed by atoms with Crippen LogP contribution in [0, 0.1) is 5.41 Å². The number of rotatable bonds is 6. The zero-order chi connectivity index (χ0) is 14.0. The molecule has 0 amide bonds. The molecule has 1 heterocycles. The van der Waals surface area contributed by atoms with E-state index in [-0.39, 0.29) is 0 Å². The molecular weight excluding hydrogens is 244 g/mol. The molecule has 1 saturated heterocycles. The lowest BCUT2D eigenvalue weighted by Crippen LogP contribution is -2.40. The van der Waals surface area contributed by atoms with E-state index in [2.05, 4.69) is 54.4 Å². The average molecular weight is 272 g/mol.